The molecule has 5 nitrogen and oxygen atoms in total. The van der Waals surface area contributed by atoms with Crippen LogP contribution in [0.1, 0.15) is 38.5 Å². The first-order valence-electron chi connectivity index (χ1n) is 6.74. The largest absolute Gasteiger partial charge is 0.342 e. The number of carbonyl (C=O) groups is 1. The lowest BCUT2D eigenvalue weighted by Crippen LogP contribution is -2.40. The Bertz CT molecular complexity index is 402. The highest BCUT2D eigenvalue weighted by Gasteiger charge is 2.33. The van der Waals surface area contributed by atoms with Gasteiger partial charge in [0.05, 0.1) is 5.25 Å². The fraction of sp³-hybridized carbons (Fsp3) is 0.917. The Kier molecular flexibility index (Phi) is 4.27. The molecule has 0 bridgehead atoms. The Balaban J connectivity index is 1.95. The van der Waals surface area contributed by atoms with Crippen LogP contribution >= 0.6 is 0 Å². The molecule has 1 heterocycles. The monoisotopic (exact) mass is 274 g/mol. The zero-order valence-electron chi connectivity index (χ0n) is 10.7. The highest BCUT2D eigenvalue weighted by Crippen LogP contribution is 2.24. The third-order valence-corrected chi connectivity index (χ3v) is 6.05. The SMILES string of the molecule is NC1CCCC(S(=O)(=O)CC(=O)N2CCCC2)C1. The van der Waals surface area contributed by atoms with E-state index in [1.165, 1.54) is 0 Å². The van der Waals surface area contributed by atoms with E-state index >= 15 is 0 Å². The minimum Gasteiger partial charge on any atom is -0.342 e. The molecule has 1 saturated carbocycles. The lowest BCUT2D eigenvalue weighted by molar-refractivity contribution is -0.127. The van der Waals surface area contributed by atoms with E-state index in [0.29, 0.717) is 25.9 Å². The molecule has 2 aliphatic rings. The minimum atomic E-state index is -3.32. The Morgan fingerprint density at radius 2 is 1.83 bits per heavy atom. The summed E-state index contributed by atoms with van der Waals surface area (Å²) in [4.78, 5) is 13.6. The van der Waals surface area contributed by atoms with Crippen molar-refractivity contribution in [2.24, 2.45) is 5.73 Å². The minimum absolute atomic E-state index is 0.0274. The van der Waals surface area contributed by atoms with Crippen molar-refractivity contribution in [3.63, 3.8) is 0 Å². The van der Waals surface area contributed by atoms with Gasteiger partial charge in [0, 0.05) is 19.1 Å². The average Bonchev–Trinajstić information content (AvgIpc) is 2.82. The number of hydrogen-bond acceptors (Lipinski definition) is 4. The van der Waals surface area contributed by atoms with E-state index < -0.39 is 15.1 Å². The third kappa shape index (κ3) is 3.23. The maximum absolute atomic E-state index is 12.2. The van der Waals surface area contributed by atoms with Gasteiger partial charge in [-0.15, -0.1) is 0 Å². The summed E-state index contributed by atoms with van der Waals surface area (Å²) in [6.07, 6.45) is 4.88. The van der Waals surface area contributed by atoms with Crippen LogP contribution in [0.15, 0.2) is 0 Å². The van der Waals surface area contributed by atoms with Crippen LogP contribution in [-0.2, 0) is 14.6 Å². The predicted molar refractivity (Wildman–Crippen MR) is 69.8 cm³/mol. The molecule has 2 fully saturated rings. The number of amides is 1. The Morgan fingerprint density at radius 3 is 2.44 bits per heavy atom. The molecule has 0 aromatic heterocycles. The molecule has 6 heteroatoms. The van der Waals surface area contributed by atoms with E-state index in [1.54, 1.807) is 4.90 Å². The lowest BCUT2D eigenvalue weighted by Gasteiger charge is -2.26. The fourth-order valence-electron chi connectivity index (χ4n) is 2.86. The maximum atomic E-state index is 12.2. The number of carbonyl (C=O) groups excluding carboxylic acids is 1. The van der Waals surface area contributed by atoms with Gasteiger partial charge >= 0.3 is 0 Å². The second-order valence-corrected chi connectivity index (χ2v) is 7.72. The van der Waals surface area contributed by atoms with Crippen LogP contribution in [0.2, 0.25) is 0 Å². The van der Waals surface area contributed by atoms with Gasteiger partial charge < -0.3 is 10.6 Å². The average molecular weight is 274 g/mol. The summed E-state index contributed by atoms with van der Waals surface area (Å²) in [7, 11) is -3.32. The number of nitrogens with zero attached hydrogens (tertiary/aromatic N) is 1. The van der Waals surface area contributed by atoms with Gasteiger partial charge in [-0.2, -0.15) is 0 Å². The fourth-order valence-corrected chi connectivity index (χ4v) is 4.68. The molecule has 2 atom stereocenters. The number of likely N-dealkylation sites (tertiary alicyclic amines) is 1. The van der Waals surface area contributed by atoms with Crippen molar-refractivity contribution in [3.05, 3.63) is 0 Å². The first kappa shape index (κ1) is 13.8. The van der Waals surface area contributed by atoms with Crippen LogP contribution in [0.4, 0.5) is 0 Å². The van der Waals surface area contributed by atoms with Gasteiger partial charge in [0.2, 0.25) is 5.91 Å². The van der Waals surface area contributed by atoms with Crippen molar-refractivity contribution in [2.75, 3.05) is 18.8 Å². The van der Waals surface area contributed by atoms with Crippen molar-refractivity contribution in [2.45, 2.75) is 49.8 Å². The first-order chi connectivity index (χ1) is 8.49. The molecule has 0 spiro atoms. The van der Waals surface area contributed by atoms with Gasteiger partial charge in [0.25, 0.3) is 0 Å². The number of rotatable bonds is 3. The van der Waals surface area contributed by atoms with Crippen LogP contribution in [0.3, 0.4) is 0 Å². The molecule has 0 aromatic rings. The van der Waals surface area contributed by atoms with Gasteiger partial charge in [-0.3, -0.25) is 4.79 Å². The standard InChI is InChI=1S/C12H22N2O3S/c13-10-4-3-5-11(8-10)18(16,17)9-12(15)14-6-1-2-7-14/h10-11H,1-9,13H2. The van der Waals surface area contributed by atoms with Crippen LogP contribution in [0.5, 0.6) is 0 Å². The van der Waals surface area contributed by atoms with Gasteiger partial charge in [-0.25, -0.2) is 8.42 Å². The Labute approximate surface area is 109 Å². The Morgan fingerprint density at radius 1 is 1.17 bits per heavy atom. The molecular formula is C12H22N2O3S. The van der Waals surface area contributed by atoms with Gasteiger partial charge in [0.15, 0.2) is 9.84 Å². The van der Waals surface area contributed by atoms with Crippen molar-refractivity contribution >= 4 is 15.7 Å². The maximum Gasteiger partial charge on any atom is 0.237 e. The summed E-state index contributed by atoms with van der Waals surface area (Å²) < 4.78 is 24.4. The number of hydrogen-bond donors (Lipinski definition) is 1. The summed E-state index contributed by atoms with van der Waals surface area (Å²) >= 11 is 0. The van der Waals surface area contributed by atoms with Crippen molar-refractivity contribution < 1.29 is 13.2 Å². The molecule has 104 valence electrons. The highest BCUT2D eigenvalue weighted by molar-refractivity contribution is 7.92. The topological polar surface area (TPSA) is 80.5 Å². The van der Waals surface area contributed by atoms with Crippen LogP contribution in [-0.4, -0.2) is 49.4 Å². The van der Waals surface area contributed by atoms with Crippen LogP contribution in [0.25, 0.3) is 0 Å². The summed E-state index contributed by atoms with van der Waals surface area (Å²) in [5.41, 5.74) is 5.81. The molecule has 0 radical (unpaired) electrons. The predicted octanol–water partition coefficient (Wildman–Crippen LogP) is 0.293. The smallest absolute Gasteiger partial charge is 0.237 e. The number of sulfone groups is 1. The molecule has 2 N–H and O–H groups in total. The van der Waals surface area contributed by atoms with Gasteiger partial charge in [-0.05, 0) is 32.1 Å². The van der Waals surface area contributed by atoms with E-state index in [0.717, 1.165) is 25.7 Å². The number of nitrogens with two attached hydrogens (primary N) is 1. The molecule has 1 amide bonds. The van der Waals surface area contributed by atoms with E-state index in [1.807, 2.05) is 0 Å². The zero-order valence-corrected chi connectivity index (χ0v) is 11.5. The molecular weight excluding hydrogens is 252 g/mol. The highest BCUT2D eigenvalue weighted by atomic mass is 32.2. The second-order valence-electron chi connectivity index (χ2n) is 5.44. The van der Waals surface area contributed by atoms with Gasteiger partial charge in [-0.1, -0.05) is 6.42 Å². The van der Waals surface area contributed by atoms with E-state index in [-0.39, 0.29) is 17.7 Å². The molecule has 2 unspecified atom stereocenters. The molecule has 2 rings (SSSR count). The van der Waals surface area contributed by atoms with Crippen molar-refractivity contribution in [1.29, 1.82) is 0 Å². The van der Waals surface area contributed by atoms with Crippen LogP contribution in [0, 0.1) is 0 Å². The quantitative estimate of drug-likeness (QED) is 0.802. The van der Waals surface area contributed by atoms with Crippen molar-refractivity contribution in [3.8, 4) is 0 Å². The molecule has 0 aromatic carbocycles. The summed E-state index contributed by atoms with van der Waals surface area (Å²) in [5.74, 6) is -0.559. The zero-order chi connectivity index (χ0) is 13.2. The molecule has 18 heavy (non-hydrogen) atoms. The normalized spacial score (nSPS) is 29.5. The molecule has 1 saturated heterocycles. The molecule has 1 aliphatic heterocycles. The van der Waals surface area contributed by atoms with E-state index in [2.05, 4.69) is 0 Å². The molecule has 1 aliphatic carbocycles. The van der Waals surface area contributed by atoms with Crippen LogP contribution < -0.4 is 5.73 Å². The summed E-state index contributed by atoms with van der Waals surface area (Å²) in [6.45, 7) is 1.41. The van der Waals surface area contributed by atoms with Gasteiger partial charge in [0.1, 0.15) is 5.75 Å². The van der Waals surface area contributed by atoms with E-state index in [9.17, 15) is 13.2 Å². The van der Waals surface area contributed by atoms with Crippen molar-refractivity contribution in [1.82, 2.24) is 4.90 Å². The Hall–Kier alpha value is -0.620. The first-order valence-corrected chi connectivity index (χ1v) is 8.45. The summed E-state index contributed by atoms with van der Waals surface area (Å²) in [5, 5.41) is -0.409. The second kappa shape index (κ2) is 5.57. The lowest BCUT2D eigenvalue weighted by atomic mass is 9.96. The summed E-state index contributed by atoms with van der Waals surface area (Å²) in [6, 6.07) is -0.0274. The van der Waals surface area contributed by atoms with E-state index in [4.69, 9.17) is 5.73 Å². The third-order valence-electron chi connectivity index (χ3n) is 3.96.